The summed E-state index contributed by atoms with van der Waals surface area (Å²) in [6.07, 6.45) is 1.43. The van der Waals surface area contributed by atoms with E-state index in [1.54, 1.807) is 16.7 Å². The molecule has 2 heterocycles. The zero-order valence-corrected chi connectivity index (χ0v) is 18.5. The second-order valence-electron chi connectivity index (χ2n) is 6.84. The molecule has 0 aliphatic carbocycles. The topological polar surface area (TPSA) is 120 Å². The zero-order valence-electron chi connectivity index (χ0n) is 16.9. The van der Waals surface area contributed by atoms with Crippen LogP contribution in [0.2, 0.25) is 5.02 Å². The van der Waals surface area contributed by atoms with Crippen LogP contribution in [-0.2, 0) is 17.8 Å². The molecule has 2 aromatic rings. The van der Waals surface area contributed by atoms with Crippen molar-refractivity contribution >= 4 is 35.5 Å². The highest BCUT2D eigenvalue weighted by atomic mass is 35.5. The SMILES string of the molecule is CCCCc1nc(SCCCC(=O)O)c(OC(=O)O)n1Cc1cc2c(cc1Cl)OCO2. The average molecular weight is 471 g/mol. The molecule has 11 heteroatoms. The summed E-state index contributed by atoms with van der Waals surface area (Å²) in [5.74, 6) is 1.49. The van der Waals surface area contributed by atoms with E-state index in [2.05, 4.69) is 11.9 Å². The summed E-state index contributed by atoms with van der Waals surface area (Å²) in [5.41, 5.74) is 0.707. The maximum absolute atomic E-state index is 11.4. The Kier molecular flexibility index (Phi) is 7.91. The fourth-order valence-electron chi connectivity index (χ4n) is 3.07. The fourth-order valence-corrected chi connectivity index (χ4v) is 4.21. The highest BCUT2D eigenvalue weighted by Gasteiger charge is 2.24. The molecule has 2 N–H and O–H groups in total. The molecule has 0 radical (unpaired) electrons. The monoisotopic (exact) mass is 470 g/mol. The Balaban J connectivity index is 1.93. The first-order chi connectivity index (χ1) is 14.9. The minimum Gasteiger partial charge on any atom is -0.481 e. The number of fused-ring (bicyclic) bond motifs is 1. The molecular formula is C20H23ClN2O7S. The van der Waals surface area contributed by atoms with Gasteiger partial charge in [0.2, 0.25) is 12.7 Å². The number of halogens is 1. The number of aryl methyl sites for hydroxylation is 1. The quantitative estimate of drug-likeness (QED) is 0.274. The zero-order chi connectivity index (χ0) is 22.4. The van der Waals surface area contributed by atoms with E-state index < -0.39 is 12.1 Å². The second-order valence-corrected chi connectivity index (χ2v) is 8.33. The molecule has 1 aliphatic rings. The van der Waals surface area contributed by atoms with Crippen LogP contribution < -0.4 is 14.2 Å². The molecule has 0 saturated carbocycles. The predicted octanol–water partition coefficient (Wildman–Crippen LogP) is 4.67. The first-order valence-electron chi connectivity index (χ1n) is 9.81. The molecule has 9 nitrogen and oxygen atoms in total. The van der Waals surface area contributed by atoms with E-state index >= 15 is 0 Å². The van der Waals surface area contributed by atoms with Crippen LogP contribution in [0.1, 0.15) is 44.0 Å². The lowest BCUT2D eigenvalue weighted by Gasteiger charge is -2.13. The van der Waals surface area contributed by atoms with Crippen LogP contribution in [-0.4, -0.2) is 44.4 Å². The molecule has 1 aromatic heterocycles. The normalized spacial score (nSPS) is 12.2. The van der Waals surface area contributed by atoms with E-state index in [1.807, 2.05) is 0 Å². The van der Waals surface area contributed by atoms with Crippen LogP contribution in [0.5, 0.6) is 17.4 Å². The van der Waals surface area contributed by atoms with Gasteiger partial charge in [-0.25, -0.2) is 9.78 Å². The van der Waals surface area contributed by atoms with E-state index in [0.717, 1.165) is 12.8 Å². The number of aliphatic carboxylic acids is 1. The van der Waals surface area contributed by atoms with Crippen molar-refractivity contribution in [1.82, 2.24) is 9.55 Å². The summed E-state index contributed by atoms with van der Waals surface area (Å²) in [5, 5.41) is 19.0. The lowest BCUT2D eigenvalue weighted by molar-refractivity contribution is -0.137. The van der Waals surface area contributed by atoms with Crippen molar-refractivity contribution in [1.29, 1.82) is 0 Å². The Morgan fingerprint density at radius 3 is 2.68 bits per heavy atom. The van der Waals surface area contributed by atoms with Gasteiger partial charge in [0, 0.05) is 29.7 Å². The third-order valence-electron chi connectivity index (χ3n) is 4.55. The Labute approximate surface area is 188 Å². The number of carboxylic acid groups (broad SMARTS) is 2. The average Bonchev–Trinajstić information content (AvgIpc) is 3.28. The lowest BCUT2D eigenvalue weighted by Crippen LogP contribution is -2.12. The first-order valence-corrected chi connectivity index (χ1v) is 11.2. The van der Waals surface area contributed by atoms with Gasteiger partial charge < -0.3 is 24.4 Å². The van der Waals surface area contributed by atoms with Crippen LogP contribution in [0.3, 0.4) is 0 Å². The van der Waals surface area contributed by atoms with E-state index in [0.29, 0.717) is 51.5 Å². The van der Waals surface area contributed by atoms with Crippen LogP contribution >= 0.6 is 23.4 Å². The van der Waals surface area contributed by atoms with Crippen LogP contribution in [0.25, 0.3) is 0 Å². The van der Waals surface area contributed by atoms with Crippen molar-refractivity contribution in [2.45, 2.75) is 50.6 Å². The molecule has 0 saturated heterocycles. The maximum Gasteiger partial charge on any atom is 0.512 e. The van der Waals surface area contributed by atoms with E-state index in [9.17, 15) is 14.7 Å². The molecule has 0 unspecified atom stereocenters. The van der Waals surface area contributed by atoms with Crippen molar-refractivity contribution in [3.05, 3.63) is 28.5 Å². The van der Waals surface area contributed by atoms with Gasteiger partial charge in [0.1, 0.15) is 5.82 Å². The van der Waals surface area contributed by atoms with Crippen molar-refractivity contribution in [2.75, 3.05) is 12.5 Å². The van der Waals surface area contributed by atoms with E-state index in [4.69, 9.17) is 30.9 Å². The van der Waals surface area contributed by atoms with Crippen LogP contribution in [0.15, 0.2) is 17.2 Å². The van der Waals surface area contributed by atoms with Gasteiger partial charge in [0.15, 0.2) is 16.5 Å². The Morgan fingerprint density at radius 1 is 1.26 bits per heavy atom. The number of carbonyl (C=O) groups is 2. The molecule has 31 heavy (non-hydrogen) atoms. The third kappa shape index (κ3) is 5.98. The number of unbranched alkanes of at least 4 members (excludes halogenated alkanes) is 1. The van der Waals surface area contributed by atoms with Gasteiger partial charge in [-0.05, 0) is 24.5 Å². The number of thioether (sulfide) groups is 1. The Bertz CT molecular complexity index is 963. The largest absolute Gasteiger partial charge is 0.512 e. The summed E-state index contributed by atoms with van der Waals surface area (Å²) in [6, 6.07) is 3.43. The Morgan fingerprint density at radius 2 is 2.00 bits per heavy atom. The van der Waals surface area contributed by atoms with E-state index in [-0.39, 0.29) is 25.6 Å². The molecule has 1 aromatic carbocycles. The minimum absolute atomic E-state index is 0.0261. The van der Waals surface area contributed by atoms with Gasteiger partial charge in [-0.3, -0.25) is 9.36 Å². The first kappa shape index (κ1) is 23.1. The number of nitrogens with zero attached hydrogens (tertiary/aromatic N) is 2. The van der Waals surface area contributed by atoms with E-state index in [1.165, 1.54) is 11.8 Å². The number of rotatable bonds is 11. The summed E-state index contributed by atoms with van der Waals surface area (Å²) in [4.78, 5) is 26.7. The summed E-state index contributed by atoms with van der Waals surface area (Å²) in [7, 11) is 0. The van der Waals surface area contributed by atoms with Gasteiger partial charge in [0.25, 0.3) is 0 Å². The molecule has 0 bridgehead atoms. The summed E-state index contributed by atoms with van der Waals surface area (Å²) < 4.78 is 17.6. The van der Waals surface area contributed by atoms with Gasteiger partial charge >= 0.3 is 12.1 Å². The molecule has 0 spiro atoms. The molecule has 0 atom stereocenters. The third-order valence-corrected chi connectivity index (χ3v) is 5.94. The smallest absolute Gasteiger partial charge is 0.481 e. The van der Waals surface area contributed by atoms with Crippen molar-refractivity contribution in [3.63, 3.8) is 0 Å². The van der Waals surface area contributed by atoms with Gasteiger partial charge in [-0.2, -0.15) is 0 Å². The van der Waals surface area contributed by atoms with Crippen molar-refractivity contribution < 1.29 is 34.0 Å². The second kappa shape index (κ2) is 10.6. The standard InChI is InChI=1S/C20H23ClN2O7S/c1-2-3-5-16-22-18(31-7-4-6-17(24)25)19(30-20(26)27)23(16)10-12-8-14-15(9-13(12)21)29-11-28-14/h8-9H,2-7,10-11H2,1H3,(H,24,25)(H,26,27). The number of imidazole rings is 1. The predicted molar refractivity (Wildman–Crippen MR) is 114 cm³/mol. The molecule has 1 aliphatic heterocycles. The van der Waals surface area contributed by atoms with Crippen molar-refractivity contribution in [2.24, 2.45) is 0 Å². The van der Waals surface area contributed by atoms with Crippen LogP contribution in [0, 0.1) is 0 Å². The van der Waals surface area contributed by atoms with Gasteiger partial charge in [-0.15, -0.1) is 11.8 Å². The molecule has 0 fully saturated rings. The van der Waals surface area contributed by atoms with Gasteiger partial charge in [0.05, 0.1) is 6.54 Å². The Hall–Kier alpha value is -2.59. The number of carboxylic acids is 1. The number of hydrogen-bond acceptors (Lipinski definition) is 7. The van der Waals surface area contributed by atoms with Gasteiger partial charge in [-0.1, -0.05) is 24.9 Å². The molecule has 0 amide bonds. The minimum atomic E-state index is -1.45. The maximum atomic E-state index is 11.4. The summed E-state index contributed by atoms with van der Waals surface area (Å²) in [6.45, 7) is 2.41. The molecule has 3 rings (SSSR count). The highest BCUT2D eigenvalue weighted by Crippen LogP contribution is 2.39. The number of aromatic nitrogens is 2. The number of ether oxygens (including phenoxy) is 3. The number of hydrogen-bond donors (Lipinski definition) is 2. The summed E-state index contributed by atoms with van der Waals surface area (Å²) >= 11 is 7.70. The van der Waals surface area contributed by atoms with Crippen molar-refractivity contribution in [3.8, 4) is 17.4 Å². The lowest BCUT2D eigenvalue weighted by atomic mass is 10.2. The molecule has 168 valence electrons. The fraction of sp³-hybridized carbons (Fsp3) is 0.450. The highest BCUT2D eigenvalue weighted by molar-refractivity contribution is 7.99. The number of benzene rings is 1. The molecular weight excluding hydrogens is 448 g/mol. The van der Waals surface area contributed by atoms with Crippen LogP contribution in [0.4, 0.5) is 4.79 Å².